The van der Waals surface area contributed by atoms with Crippen molar-refractivity contribution in [3.05, 3.63) is 44.8 Å². The van der Waals surface area contributed by atoms with E-state index in [0.717, 1.165) is 22.8 Å². The van der Waals surface area contributed by atoms with Crippen LogP contribution in [0.2, 0.25) is 5.02 Å². The molecule has 0 amide bonds. The van der Waals surface area contributed by atoms with Crippen LogP contribution in [0.5, 0.6) is 5.75 Å². The molecule has 1 aromatic heterocycles. The number of methoxy groups -OCH3 is 1. The lowest BCUT2D eigenvalue weighted by atomic mass is 10.2. The van der Waals surface area contributed by atoms with Crippen molar-refractivity contribution in [1.82, 2.24) is 9.97 Å². The Kier molecular flexibility index (Phi) is 3.58. The summed E-state index contributed by atoms with van der Waals surface area (Å²) in [6.45, 7) is 0. The maximum Gasteiger partial charge on any atom is 0.256 e. The second-order valence-corrected chi connectivity index (χ2v) is 5.72. The lowest BCUT2D eigenvalue weighted by Crippen LogP contribution is -2.16. The van der Waals surface area contributed by atoms with Crippen LogP contribution in [0.4, 0.5) is 11.6 Å². The summed E-state index contributed by atoms with van der Waals surface area (Å²) in [5.74, 6) is 2.52. The molecule has 0 fully saturated rings. The maximum atomic E-state index is 11.9. The molecular formula is C13H12ClN3O2S. The molecule has 0 aliphatic carbocycles. The quantitative estimate of drug-likeness (QED) is 0.912. The molecule has 2 aromatic rings. The van der Waals surface area contributed by atoms with Crippen molar-refractivity contribution in [3.8, 4) is 5.75 Å². The monoisotopic (exact) mass is 309 g/mol. The van der Waals surface area contributed by atoms with Crippen molar-refractivity contribution >= 4 is 35.0 Å². The van der Waals surface area contributed by atoms with Gasteiger partial charge in [-0.3, -0.25) is 9.78 Å². The normalized spacial score (nSPS) is 13.1. The Morgan fingerprint density at radius 3 is 3.10 bits per heavy atom. The molecule has 0 saturated heterocycles. The molecule has 20 heavy (non-hydrogen) atoms. The molecule has 104 valence electrons. The highest BCUT2D eigenvalue weighted by Crippen LogP contribution is 2.30. The number of halogens is 1. The number of H-pyrrole nitrogens is 1. The number of hydrogen-bond donors (Lipinski definition) is 2. The number of aromatic amines is 1. The first-order valence-electron chi connectivity index (χ1n) is 5.98. The lowest BCUT2D eigenvalue weighted by Gasteiger charge is -2.11. The molecule has 1 aromatic carbocycles. The molecule has 0 saturated carbocycles. The third-order valence-corrected chi connectivity index (χ3v) is 4.21. The first-order chi connectivity index (χ1) is 9.67. The van der Waals surface area contributed by atoms with Crippen LogP contribution in [-0.2, 0) is 11.5 Å². The summed E-state index contributed by atoms with van der Waals surface area (Å²) in [5.41, 5.74) is 2.16. The lowest BCUT2D eigenvalue weighted by molar-refractivity contribution is 0.417. The van der Waals surface area contributed by atoms with Crippen molar-refractivity contribution in [2.75, 3.05) is 12.4 Å². The molecule has 0 unspecified atom stereocenters. The Labute approximate surface area is 124 Å². The van der Waals surface area contributed by atoms with Gasteiger partial charge in [0.05, 0.1) is 18.5 Å². The van der Waals surface area contributed by atoms with Gasteiger partial charge in [-0.1, -0.05) is 11.6 Å². The number of hydrogen-bond acceptors (Lipinski definition) is 5. The van der Waals surface area contributed by atoms with Crippen LogP contribution in [0.3, 0.4) is 0 Å². The topological polar surface area (TPSA) is 67.0 Å². The maximum absolute atomic E-state index is 11.9. The van der Waals surface area contributed by atoms with E-state index in [9.17, 15) is 4.79 Å². The smallest absolute Gasteiger partial charge is 0.256 e. The van der Waals surface area contributed by atoms with Crippen LogP contribution < -0.4 is 15.6 Å². The molecule has 0 atom stereocenters. The van der Waals surface area contributed by atoms with E-state index in [1.165, 1.54) is 0 Å². The van der Waals surface area contributed by atoms with E-state index in [1.54, 1.807) is 37.1 Å². The summed E-state index contributed by atoms with van der Waals surface area (Å²) < 4.78 is 5.25. The summed E-state index contributed by atoms with van der Waals surface area (Å²) in [6, 6.07) is 5.22. The van der Waals surface area contributed by atoms with E-state index in [-0.39, 0.29) is 5.56 Å². The minimum atomic E-state index is -0.0940. The molecule has 3 rings (SSSR count). The van der Waals surface area contributed by atoms with Gasteiger partial charge in [-0.2, -0.15) is 11.8 Å². The Balaban J connectivity index is 1.98. The number of thioether (sulfide) groups is 1. The molecule has 0 spiro atoms. The van der Waals surface area contributed by atoms with Crippen molar-refractivity contribution in [3.63, 3.8) is 0 Å². The molecule has 1 aliphatic heterocycles. The summed E-state index contributed by atoms with van der Waals surface area (Å²) >= 11 is 7.66. The molecule has 0 radical (unpaired) electrons. The summed E-state index contributed by atoms with van der Waals surface area (Å²) in [4.78, 5) is 19.1. The second kappa shape index (κ2) is 5.38. The van der Waals surface area contributed by atoms with Gasteiger partial charge in [-0.15, -0.1) is 0 Å². The second-order valence-electron chi connectivity index (χ2n) is 4.30. The van der Waals surface area contributed by atoms with Gasteiger partial charge in [0.25, 0.3) is 5.56 Å². The van der Waals surface area contributed by atoms with Crippen molar-refractivity contribution < 1.29 is 4.74 Å². The van der Waals surface area contributed by atoms with Crippen LogP contribution >= 0.6 is 23.4 Å². The standard InChI is InChI=1S/C13H12ClN3O2S/c1-19-11-3-2-7(14)4-9(11)15-13-16-10-6-20-5-8(10)12(18)17-13/h2-4H,5-6H2,1H3,(H2,15,16,17,18). The highest BCUT2D eigenvalue weighted by molar-refractivity contribution is 7.98. The highest BCUT2D eigenvalue weighted by atomic mass is 35.5. The van der Waals surface area contributed by atoms with Gasteiger partial charge >= 0.3 is 0 Å². The van der Waals surface area contributed by atoms with Crippen LogP contribution in [0.1, 0.15) is 11.3 Å². The summed E-state index contributed by atoms with van der Waals surface area (Å²) in [6.07, 6.45) is 0. The van der Waals surface area contributed by atoms with Crippen molar-refractivity contribution in [2.24, 2.45) is 0 Å². The Bertz CT molecular complexity index is 717. The molecule has 7 heteroatoms. The molecule has 0 bridgehead atoms. The van der Waals surface area contributed by atoms with E-state index in [0.29, 0.717) is 22.4 Å². The van der Waals surface area contributed by atoms with Gasteiger partial charge in [-0.05, 0) is 18.2 Å². The predicted molar refractivity (Wildman–Crippen MR) is 81.1 cm³/mol. The van der Waals surface area contributed by atoms with Gasteiger partial charge in [0.15, 0.2) is 0 Å². The predicted octanol–water partition coefficient (Wildman–Crippen LogP) is 2.92. The number of nitrogens with one attached hydrogen (secondary N) is 2. The van der Waals surface area contributed by atoms with E-state index < -0.39 is 0 Å². The molecule has 5 nitrogen and oxygen atoms in total. The van der Waals surface area contributed by atoms with Gasteiger partial charge in [0.1, 0.15) is 5.75 Å². The minimum Gasteiger partial charge on any atom is -0.495 e. The fourth-order valence-corrected chi connectivity index (χ4v) is 3.24. The van der Waals surface area contributed by atoms with Gasteiger partial charge in [-0.25, -0.2) is 4.98 Å². The fraction of sp³-hybridized carbons (Fsp3) is 0.231. The Morgan fingerprint density at radius 1 is 1.45 bits per heavy atom. The van der Waals surface area contributed by atoms with Gasteiger partial charge < -0.3 is 10.1 Å². The van der Waals surface area contributed by atoms with Crippen molar-refractivity contribution in [1.29, 1.82) is 0 Å². The average molecular weight is 310 g/mol. The van der Waals surface area contributed by atoms with Gasteiger partial charge in [0, 0.05) is 22.1 Å². The number of fused-ring (bicyclic) bond motifs is 1. The van der Waals surface area contributed by atoms with Crippen molar-refractivity contribution in [2.45, 2.75) is 11.5 Å². The van der Waals surface area contributed by atoms with Crippen LogP contribution in [0.25, 0.3) is 0 Å². The number of benzene rings is 1. The fourth-order valence-electron chi connectivity index (χ4n) is 2.03. The summed E-state index contributed by atoms with van der Waals surface area (Å²) in [7, 11) is 1.57. The number of anilines is 2. The third-order valence-electron chi connectivity index (χ3n) is 3.00. The summed E-state index contributed by atoms with van der Waals surface area (Å²) in [5, 5.41) is 3.63. The zero-order valence-electron chi connectivity index (χ0n) is 10.7. The van der Waals surface area contributed by atoms with Crippen LogP contribution in [0.15, 0.2) is 23.0 Å². The zero-order valence-corrected chi connectivity index (χ0v) is 12.3. The highest BCUT2D eigenvalue weighted by Gasteiger charge is 2.18. The van der Waals surface area contributed by atoms with Crippen LogP contribution in [-0.4, -0.2) is 17.1 Å². The Hall–Kier alpha value is -1.66. The SMILES string of the molecule is COc1ccc(Cl)cc1Nc1nc2c(c(=O)[nH]1)CSC2. The largest absolute Gasteiger partial charge is 0.495 e. The van der Waals surface area contributed by atoms with E-state index in [4.69, 9.17) is 16.3 Å². The average Bonchev–Trinajstić information content (AvgIpc) is 2.88. The van der Waals surface area contributed by atoms with E-state index in [2.05, 4.69) is 15.3 Å². The first-order valence-corrected chi connectivity index (χ1v) is 7.51. The molecular weight excluding hydrogens is 298 g/mol. The Morgan fingerprint density at radius 2 is 2.30 bits per heavy atom. The van der Waals surface area contributed by atoms with E-state index >= 15 is 0 Å². The number of nitrogens with zero attached hydrogens (tertiary/aromatic N) is 1. The van der Waals surface area contributed by atoms with E-state index in [1.807, 2.05) is 0 Å². The zero-order chi connectivity index (χ0) is 14.1. The molecule has 2 heterocycles. The number of rotatable bonds is 3. The molecule has 1 aliphatic rings. The number of aromatic nitrogens is 2. The third kappa shape index (κ3) is 2.48. The van der Waals surface area contributed by atoms with Gasteiger partial charge in [0.2, 0.25) is 5.95 Å². The first kappa shape index (κ1) is 13.3. The number of ether oxygens (including phenoxy) is 1. The minimum absolute atomic E-state index is 0.0940. The molecule has 2 N–H and O–H groups in total. The van der Waals surface area contributed by atoms with Crippen LogP contribution in [0, 0.1) is 0 Å².